The minimum absolute atomic E-state index is 0.0337. The van der Waals surface area contributed by atoms with Crippen LogP contribution in [0.15, 0.2) is 65.6 Å². The summed E-state index contributed by atoms with van der Waals surface area (Å²) in [4.78, 5) is 17.2. The molecule has 1 N–H and O–H groups in total. The quantitative estimate of drug-likeness (QED) is 0.324. The normalized spacial score (nSPS) is 11.9. The lowest BCUT2D eigenvalue weighted by atomic mass is 10.1. The van der Waals surface area contributed by atoms with Gasteiger partial charge < -0.3 is 0 Å². The second kappa shape index (κ2) is 5.91. The molecular weight excluding hydrogens is 376 g/mol. The van der Waals surface area contributed by atoms with Gasteiger partial charge in [0.2, 0.25) is 5.43 Å². The van der Waals surface area contributed by atoms with Crippen molar-refractivity contribution in [3.63, 3.8) is 0 Å². The molecule has 3 aromatic carbocycles. The van der Waals surface area contributed by atoms with E-state index < -0.39 is 9.33 Å². The second-order valence-electron chi connectivity index (χ2n) is 5.72. The summed E-state index contributed by atoms with van der Waals surface area (Å²) >= 11 is 0. The molecule has 2 aromatic heterocycles. The maximum absolute atomic E-state index is 12.4. The van der Waals surface area contributed by atoms with Crippen molar-refractivity contribution in [1.29, 1.82) is 0 Å². The Morgan fingerprint density at radius 1 is 0.962 bits per heavy atom. The molecule has 5 aromatic rings. The molecule has 0 aliphatic carbocycles. The first-order valence-electron chi connectivity index (χ1n) is 7.55. The van der Waals surface area contributed by atoms with Gasteiger partial charge in [-0.15, -0.1) is 0 Å². The first-order chi connectivity index (χ1) is 12.3. The predicted molar refractivity (Wildman–Crippen MR) is 103 cm³/mol. The summed E-state index contributed by atoms with van der Waals surface area (Å²) in [6.45, 7) is 0. The summed E-state index contributed by atoms with van der Waals surface area (Å²) in [6, 6.07) is 17.6. The monoisotopic (exact) mass is 386 g/mol. The molecule has 0 aliphatic heterocycles. The van der Waals surface area contributed by atoms with E-state index in [0.29, 0.717) is 5.52 Å². The molecular formula is C18H11ClN2O4S. The van der Waals surface area contributed by atoms with E-state index in [1.807, 2.05) is 59.1 Å². The van der Waals surface area contributed by atoms with Crippen molar-refractivity contribution in [3.05, 3.63) is 71.0 Å². The van der Waals surface area contributed by atoms with Crippen molar-refractivity contribution in [1.82, 2.24) is 9.38 Å². The van der Waals surface area contributed by atoms with Crippen molar-refractivity contribution < 1.29 is 13.0 Å². The molecule has 0 saturated heterocycles. The van der Waals surface area contributed by atoms with E-state index in [1.54, 1.807) is 6.07 Å². The highest BCUT2D eigenvalue weighted by Gasteiger charge is 2.13. The SMILES string of the molecule is O=S(=O)(O)Cl.O=c1ccc2cccc3nc4c5ccccc5cn4c1c23. The molecule has 0 aliphatic rings. The van der Waals surface area contributed by atoms with Crippen molar-refractivity contribution >= 4 is 58.2 Å². The van der Waals surface area contributed by atoms with Gasteiger partial charge in [-0.1, -0.05) is 42.5 Å². The molecule has 0 bridgehead atoms. The Morgan fingerprint density at radius 2 is 1.65 bits per heavy atom. The summed E-state index contributed by atoms with van der Waals surface area (Å²) in [5.74, 6) is 0. The Kier molecular flexibility index (Phi) is 3.80. The van der Waals surface area contributed by atoms with Gasteiger partial charge in [0.1, 0.15) is 11.2 Å². The fraction of sp³-hybridized carbons (Fsp3) is 0. The molecule has 8 heteroatoms. The van der Waals surface area contributed by atoms with Gasteiger partial charge in [0.25, 0.3) is 0 Å². The largest absolute Gasteiger partial charge is 0.353 e. The lowest BCUT2D eigenvalue weighted by molar-refractivity contribution is 0.501. The summed E-state index contributed by atoms with van der Waals surface area (Å²) in [5.41, 5.74) is 2.46. The van der Waals surface area contributed by atoms with Gasteiger partial charge in [-0.25, -0.2) is 4.98 Å². The van der Waals surface area contributed by atoms with Crippen LogP contribution in [0, 0.1) is 0 Å². The van der Waals surface area contributed by atoms with Crippen molar-refractivity contribution in [3.8, 4) is 0 Å². The summed E-state index contributed by atoms with van der Waals surface area (Å²) < 4.78 is 27.1. The van der Waals surface area contributed by atoms with Gasteiger partial charge in [-0.3, -0.25) is 13.7 Å². The third kappa shape index (κ3) is 2.86. The zero-order chi connectivity index (χ0) is 18.5. The third-order valence-corrected chi connectivity index (χ3v) is 4.12. The van der Waals surface area contributed by atoms with Gasteiger partial charge in [-0.2, -0.15) is 8.42 Å². The lowest BCUT2D eigenvalue weighted by Gasteiger charge is -2.06. The average Bonchev–Trinajstić information content (AvgIpc) is 2.94. The zero-order valence-corrected chi connectivity index (χ0v) is 14.7. The Hall–Kier alpha value is -2.74. The molecule has 0 unspecified atom stereocenters. The first kappa shape index (κ1) is 16.7. The van der Waals surface area contributed by atoms with Gasteiger partial charge in [-0.05, 0) is 17.5 Å². The molecule has 2 heterocycles. The lowest BCUT2D eigenvalue weighted by Crippen LogP contribution is -2.06. The van der Waals surface area contributed by atoms with E-state index in [9.17, 15) is 4.79 Å². The number of hydrogen-bond acceptors (Lipinski definition) is 4. The summed E-state index contributed by atoms with van der Waals surface area (Å²) in [5, 5.41) is 4.16. The number of rotatable bonds is 0. The van der Waals surface area contributed by atoms with Crippen LogP contribution in [0.2, 0.25) is 0 Å². The smallest absolute Gasteiger partial charge is 0.296 e. The van der Waals surface area contributed by atoms with Gasteiger partial charge >= 0.3 is 9.33 Å². The van der Waals surface area contributed by atoms with E-state index in [2.05, 4.69) is 10.7 Å². The maximum Gasteiger partial charge on any atom is 0.353 e. The first-order valence-corrected chi connectivity index (χ1v) is 9.81. The van der Waals surface area contributed by atoms with Crippen LogP contribution in [0.1, 0.15) is 0 Å². The van der Waals surface area contributed by atoms with Gasteiger partial charge in [0.05, 0.1) is 5.52 Å². The number of halogens is 1. The highest BCUT2D eigenvalue weighted by molar-refractivity contribution is 8.09. The van der Waals surface area contributed by atoms with E-state index in [4.69, 9.17) is 18.0 Å². The van der Waals surface area contributed by atoms with Crippen LogP contribution in [-0.2, 0) is 9.33 Å². The summed E-state index contributed by atoms with van der Waals surface area (Å²) in [7, 11) is -0.137. The molecule has 5 rings (SSSR count). The number of aromatic nitrogens is 2. The fourth-order valence-corrected chi connectivity index (χ4v) is 3.20. The predicted octanol–water partition coefficient (Wildman–Crippen LogP) is 3.62. The maximum atomic E-state index is 12.4. The van der Waals surface area contributed by atoms with Crippen LogP contribution in [0.5, 0.6) is 0 Å². The molecule has 0 saturated carbocycles. The number of benzene rings is 3. The third-order valence-electron chi connectivity index (χ3n) is 4.12. The fourth-order valence-electron chi connectivity index (χ4n) is 3.20. The molecule has 6 nitrogen and oxygen atoms in total. The van der Waals surface area contributed by atoms with Crippen LogP contribution in [0.3, 0.4) is 0 Å². The van der Waals surface area contributed by atoms with Crippen molar-refractivity contribution in [2.45, 2.75) is 0 Å². The molecule has 0 fully saturated rings. The van der Waals surface area contributed by atoms with E-state index in [0.717, 1.165) is 32.7 Å². The minimum atomic E-state index is -4.19. The highest BCUT2D eigenvalue weighted by atomic mass is 35.7. The molecule has 130 valence electrons. The van der Waals surface area contributed by atoms with Crippen LogP contribution in [-0.4, -0.2) is 22.4 Å². The van der Waals surface area contributed by atoms with E-state index >= 15 is 0 Å². The summed E-state index contributed by atoms with van der Waals surface area (Å²) in [6.07, 6.45) is 2.00. The average molecular weight is 387 g/mol. The van der Waals surface area contributed by atoms with Crippen molar-refractivity contribution in [2.24, 2.45) is 0 Å². The Morgan fingerprint density at radius 3 is 2.42 bits per heavy atom. The molecule has 0 atom stereocenters. The minimum Gasteiger partial charge on any atom is -0.296 e. The Bertz CT molecular complexity index is 1440. The Labute approximate surface area is 151 Å². The number of fused-ring (bicyclic) bond motifs is 4. The highest BCUT2D eigenvalue weighted by Crippen LogP contribution is 2.28. The standard InChI is InChI=1S/C18H10N2O.ClHO3S/c21-15-9-8-11-5-3-7-14-16(11)17(15)20-10-12-4-1-2-6-13(12)18(20)19-14;1-5(2,3)4/h1-10H;(H,2,3,4). The molecule has 26 heavy (non-hydrogen) atoms. The van der Waals surface area contributed by atoms with Crippen LogP contribution >= 0.6 is 10.7 Å². The van der Waals surface area contributed by atoms with Crippen LogP contribution < -0.4 is 5.43 Å². The molecule has 0 radical (unpaired) electrons. The van der Waals surface area contributed by atoms with Crippen LogP contribution in [0.25, 0.3) is 38.2 Å². The Balaban J connectivity index is 0.000000301. The zero-order valence-electron chi connectivity index (χ0n) is 13.1. The molecule has 0 spiro atoms. The van der Waals surface area contributed by atoms with Gasteiger partial charge in [0, 0.05) is 33.0 Å². The number of hydrogen-bond donors (Lipinski definition) is 1. The van der Waals surface area contributed by atoms with Crippen LogP contribution in [0.4, 0.5) is 0 Å². The van der Waals surface area contributed by atoms with E-state index in [-0.39, 0.29) is 5.43 Å². The molecule has 0 amide bonds. The number of nitrogens with zero attached hydrogens (tertiary/aromatic N) is 2. The second-order valence-corrected chi connectivity index (χ2v) is 7.72. The van der Waals surface area contributed by atoms with Crippen molar-refractivity contribution in [2.75, 3.05) is 0 Å². The topological polar surface area (TPSA) is 88.7 Å². The van der Waals surface area contributed by atoms with Gasteiger partial charge in [0.15, 0.2) is 0 Å². The van der Waals surface area contributed by atoms with E-state index in [1.165, 1.54) is 0 Å².